The highest BCUT2D eigenvalue weighted by atomic mass is 35.5. The molecule has 0 bridgehead atoms. The minimum atomic E-state index is -0.0294. The maximum Gasteiger partial charge on any atom is 0.261 e. The summed E-state index contributed by atoms with van der Waals surface area (Å²) in [6.07, 6.45) is 4.13. The number of carbonyl (C=O) groups excluding carboxylic acids is 1. The van der Waals surface area contributed by atoms with Crippen molar-refractivity contribution in [1.29, 1.82) is 0 Å². The van der Waals surface area contributed by atoms with Crippen molar-refractivity contribution in [1.82, 2.24) is 10.3 Å². The molecule has 0 aromatic carbocycles. The highest BCUT2D eigenvalue weighted by Gasteiger charge is 2.22. The minimum absolute atomic E-state index is 0.0294. The first-order valence-corrected chi connectivity index (χ1v) is 8.98. The summed E-state index contributed by atoms with van der Waals surface area (Å²) in [6.45, 7) is 2.72. The van der Waals surface area contributed by atoms with E-state index in [4.69, 9.17) is 11.6 Å². The minimum Gasteiger partial charge on any atom is -0.351 e. The van der Waals surface area contributed by atoms with E-state index in [-0.39, 0.29) is 5.91 Å². The van der Waals surface area contributed by atoms with Gasteiger partial charge in [0.1, 0.15) is 0 Å². The number of hydrogen-bond acceptors (Lipinski definition) is 5. The monoisotopic (exact) mass is 341 g/mol. The number of hydrogen-bond donors (Lipinski definition) is 1. The Bertz CT molecular complexity index is 599. The second-order valence-electron chi connectivity index (χ2n) is 5.08. The molecule has 0 saturated carbocycles. The fraction of sp³-hybridized carbons (Fsp3) is 0.429. The van der Waals surface area contributed by atoms with Crippen molar-refractivity contribution in [2.75, 3.05) is 24.5 Å². The quantitative estimate of drug-likeness (QED) is 0.925. The van der Waals surface area contributed by atoms with Crippen LogP contribution in [0.4, 0.5) is 5.13 Å². The molecule has 112 valence electrons. The predicted octanol–water partition coefficient (Wildman–Crippen LogP) is 3.50. The fourth-order valence-electron chi connectivity index (χ4n) is 2.54. The largest absolute Gasteiger partial charge is 0.351 e. The van der Waals surface area contributed by atoms with E-state index in [1.807, 2.05) is 11.6 Å². The van der Waals surface area contributed by atoms with Crippen LogP contribution < -0.4 is 10.2 Å². The first-order chi connectivity index (χ1) is 10.2. The molecule has 1 aliphatic heterocycles. The summed E-state index contributed by atoms with van der Waals surface area (Å²) < 4.78 is 0.646. The van der Waals surface area contributed by atoms with Gasteiger partial charge >= 0.3 is 0 Å². The number of piperidine rings is 1. The van der Waals surface area contributed by atoms with Crippen molar-refractivity contribution >= 4 is 45.3 Å². The Hall–Kier alpha value is -1.11. The van der Waals surface area contributed by atoms with Gasteiger partial charge in [0.05, 0.1) is 9.21 Å². The summed E-state index contributed by atoms with van der Waals surface area (Å²) in [7, 11) is 0. The number of thiazole rings is 1. The van der Waals surface area contributed by atoms with Gasteiger partial charge in [0.15, 0.2) is 5.13 Å². The number of carbonyl (C=O) groups is 1. The zero-order chi connectivity index (χ0) is 14.7. The molecule has 1 unspecified atom stereocenters. The molecular weight excluding hydrogens is 326 g/mol. The SMILES string of the molecule is O=C(NCC1CCCN(c2nccs2)C1)c1ccc(Cl)s1. The van der Waals surface area contributed by atoms with E-state index in [0.29, 0.717) is 21.7 Å². The number of aromatic nitrogens is 1. The van der Waals surface area contributed by atoms with Crippen LogP contribution in [0, 0.1) is 5.92 Å². The maximum absolute atomic E-state index is 12.0. The van der Waals surface area contributed by atoms with Crippen LogP contribution in [-0.4, -0.2) is 30.5 Å². The first-order valence-electron chi connectivity index (χ1n) is 6.90. The lowest BCUT2D eigenvalue weighted by Crippen LogP contribution is -2.40. The summed E-state index contributed by atoms with van der Waals surface area (Å²) in [4.78, 5) is 19.4. The molecule has 0 radical (unpaired) electrons. The van der Waals surface area contributed by atoms with Gasteiger partial charge in [-0.1, -0.05) is 11.6 Å². The number of anilines is 1. The second-order valence-corrected chi connectivity index (χ2v) is 7.67. The zero-order valence-electron chi connectivity index (χ0n) is 11.4. The molecule has 3 rings (SSSR count). The van der Waals surface area contributed by atoms with Crippen LogP contribution in [0.2, 0.25) is 4.34 Å². The van der Waals surface area contributed by atoms with Gasteiger partial charge in [-0.25, -0.2) is 4.98 Å². The Morgan fingerprint density at radius 3 is 3.14 bits per heavy atom. The Morgan fingerprint density at radius 2 is 2.43 bits per heavy atom. The van der Waals surface area contributed by atoms with E-state index in [1.165, 1.54) is 11.3 Å². The highest BCUT2D eigenvalue weighted by molar-refractivity contribution is 7.18. The van der Waals surface area contributed by atoms with Crippen LogP contribution >= 0.6 is 34.3 Å². The number of halogens is 1. The van der Waals surface area contributed by atoms with Gasteiger partial charge in [-0.15, -0.1) is 22.7 Å². The van der Waals surface area contributed by atoms with Crippen LogP contribution in [0.3, 0.4) is 0 Å². The number of nitrogens with one attached hydrogen (secondary N) is 1. The number of nitrogens with zero attached hydrogens (tertiary/aromatic N) is 2. The molecule has 2 aromatic heterocycles. The molecule has 1 amide bonds. The molecule has 1 saturated heterocycles. The average molecular weight is 342 g/mol. The third-order valence-electron chi connectivity index (χ3n) is 3.56. The lowest BCUT2D eigenvalue weighted by Gasteiger charge is -2.32. The van der Waals surface area contributed by atoms with E-state index in [0.717, 1.165) is 31.1 Å². The van der Waals surface area contributed by atoms with Crippen LogP contribution in [-0.2, 0) is 0 Å². The molecule has 7 heteroatoms. The van der Waals surface area contributed by atoms with Gasteiger partial charge in [-0.3, -0.25) is 4.79 Å². The van der Waals surface area contributed by atoms with Crippen molar-refractivity contribution in [2.45, 2.75) is 12.8 Å². The lowest BCUT2D eigenvalue weighted by molar-refractivity contribution is 0.0949. The fourth-order valence-corrected chi connectivity index (χ4v) is 4.18. The first kappa shape index (κ1) is 14.8. The molecular formula is C14H16ClN3OS2. The molecule has 2 aromatic rings. The summed E-state index contributed by atoms with van der Waals surface area (Å²) in [5.74, 6) is 0.445. The van der Waals surface area contributed by atoms with Gasteiger partial charge in [0.25, 0.3) is 5.91 Å². The summed E-state index contributed by atoms with van der Waals surface area (Å²) in [6, 6.07) is 3.52. The number of thiophene rings is 1. The average Bonchev–Trinajstić information content (AvgIpc) is 3.16. The van der Waals surface area contributed by atoms with Gasteiger partial charge < -0.3 is 10.2 Å². The smallest absolute Gasteiger partial charge is 0.261 e. The van der Waals surface area contributed by atoms with Crippen molar-refractivity contribution in [3.8, 4) is 0 Å². The standard InChI is InChI=1S/C14H16ClN3OS2/c15-12-4-3-11(21-12)13(19)17-8-10-2-1-6-18(9-10)14-16-5-7-20-14/h3-5,7,10H,1-2,6,8-9H2,(H,17,19). The number of rotatable bonds is 4. The normalized spacial score (nSPS) is 18.7. The van der Waals surface area contributed by atoms with Crippen molar-refractivity contribution in [3.05, 3.63) is 32.9 Å². The van der Waals surface area contributed by atoms with E-state index in [1.54, 1.807) is 23.5 Å². The Labute approximate surface area is 136 Å². The molecule has 0 aliphatic carbocycles. The van der Waals surface area contributed by atoms with E-state index < -0.39 is 0 Å². The number of amides is 1. The maximum atomic E-state index is 12.0. The lowest BCUT2D eigenvalue weighted by atomic mass is 9.98. The second kappa shape index (κ2) is 6.77. The van der Waals surface area contributed by atoms with Crippen LogP contribution in [0.5, 0.6) is 0 Å². The Morgan fingerprint density at radius 1 is 1.52 bits per heavy atom. The van der Waals surface area contributed by atoms with E-state index in [2.05, 4.69) is 15.2 Å². The highest BCUT2D eigenvalue weighted by Crippen LogP contribution is 2.25. The molecule has 1 atom stereocenters. The summed E-state index contributed by atoms with van der Waals surface area (Å²) in [5, 5.41) is 6.10. The molecule has 3 heterocycles. The molecule has 4 nitrogen and oxygen atoms in total. The molecule has 0 spiro atoms. The molecule has 21 heavy (non-hydrogen) atoms. The third kappa shape index (κ3) is 3.75. The van der Waals surface area contributed by atoms with Crippen molar-refractivity contribution < 1.29 is 4.79 Å². The van der Waals surface area contributed by atoms with Gasteiger partial charge in [-0.05, 0) is 30.9 Å². The molecule has 1 aliphatic rings. The van der Waals surface area contributed by atoms with E-state index >= 15 is 0 Å². The topological polar surface area (TPSA) is 45.2 Å². The third-order valence-corrected chi connectivity index (χ3v) is 5.62. The Balaban J connectivity index is 1.52. The van der Waals surface area contributed by atoms with Crippen LogP contribution in [0.15, 0.2) is 23.7 Å². The summed E-state index contributed by atoms with van der Waals surface area (Å²) in [5.41, 5.74) is 0. The van der Waals surface area contributed by atoms with Crippen LogP contribution in [0.25, 0.3) is 0 Å². The predicted molar refractivity (Wildman–Crippen MR) is 88.7 cm³/mol. The molecule has 1 N–H and O–H groups in total. The van der Waals surface area contributed by atoms with E-state index in [9.17, 15) is 4.79 Å². The zero-order valence-corrected chi connectivity index (χ0v) is 13.8. The van der Waals surface area contributed by atoms with Crippen molar-refractivity contribution in [2.24, 2.45) is 5.92 Å². The Kier molecular flexibility index (Phi) is 4.77. The van der Waals surface area contributed by atoms with Gasteiger partial charge in [-0.2, -0.15) is 0 Å². The van der Waals surface area contributed by atoms with Gasteiger partial charge in [0, 0.05) is 31.2 Å². The molecule has 1 fully saturated rings. The van der Waals surface area contributed by atoms with Crippen molar-refractivity contribution in [3.63, 3.8) is 0 Å². The summed E-state index contributed by atoms with van der Waals surface area (Å²) >= 11 is 8.84. The van der Waals surface area contributed by atoms with Gasteiger partial charge in [0.2, 0.25) is 0 Å². The van der Waals surface area contributed by atoms with Crippen LogP contribution in [0.1, 0.15) is 22.5 Å².